The van der Waals surface area contributed by atoms with Gasteiger partial charge in [0.25, 0.3) is 5.69 Å². The number of nitro groups is 1. The van der Waals surface area contributed by atoms with Crippen molar-refractivity contribution in [1.29, 1.82) is 0 Å². The lowest BCUT2D eigenvalue weighted by Gasteiger charge is -2.04. The Morgan fingerprint density at radius 1 is 1.05 bits per heavy atom. The first-order chi connectivity index (χ1) is 9.00. The predicted molar refractivity (Wildman–Crippen MR) is 73.0 cm³/mol. The van der Waals surface area contributed by atoms with Crippen LogP contribution in [0.4, 0.5) is 5.69 Å². The topological polar surface area (TPSA) is 60.2 Å². The SMILES string of the molecule is O=C(c1ccccc1)c1cc(Cl)c(Cl)cc1[N+](=O)[O-]. The van der Waals surface area contributed by atoms with E-state index < -0.39 is 10.7 Å². The van der Waals surface area contributed by atoms with E-state index in [0.29, 0.717) is 5.56 Å². The molecular formula is C13H7Cl2NO3. The van der Waals surface area contributed by atoms with Crippen LogP contribution in [0.2, 0.25) is 10.0 Å². The summed E-state index contributed by atoms with van der Waals surface area (Å²) < 4.78 is 0. The molecule has 0 amide bonds. The highest BCUT2D eigenvalue weighted by atomic mass is 35.5. The maximum absolute atomic E-state index is 12.2. The number of hydrogen-bond acceptors (Lipinski definition) is 3. The van der Waals surface area contributed by atoms with E-state index in [2.05, 4.69) is 0 Å². The summed E-state index contributed by atoms with van der Waals surface area (Å²) in [6.07, 6.45) is 0. The summed E-state index contributed by atoms with van der Waals surface area (Å²) in [4.78, 5) is 22.5. The lowest BCUT2D eigenvalue weighted by molar-refractivity contribution is -0.385. The van der Waals surface area contributed by atoms with Gasteiger partial charge >= 0.3 is 0 Å². The molecule has 0 aliphatic heterocycles. The van der Waals surface area contributed by atoms with Gasteiger partial charge in [0.2, 0.25) is 0 Å². The second-order valence-electron chi connectivity index (χ2n) is 3.74. The Kier molecular flexibility index (Phi) is 3.83. The van der Waals surface area contributed by atoms with Crippen LogP contribution in [0.1, 0.15) is 15.9 Å². The minimum Gasteiger partial charge on any atom is -0.288 e. The van der Waals surface area contributed by atoms with E-state index in [-0.39, 0.29) is 21.3 Å². The van der Waals surface area contributed by atoms with Gasteiger partial charge in [0.15, 0.2) is 5.78 Å². The summed E-state index contributed by atoms with van der Waals surface area (Å²) in [6, 6.07) is 10.6. The summed E-state index contributed by atoms with van der Waals surface area (Å²) >= 11 is 11.5. The Hall–Kier alpha value is -1.91. The highest BCUT2D eigenvalue weighted by Gasteiger charge is 2.23. The van der Waals surface area contributed by atoms with Gasteiger partial charge in [-0.25, -0.2) is 0 Å². The van der Waals surface area contributed by atoms with Crippen molar-refractivity contribution in [2.75, 3.05) is 0 Å². The third-order valence-corrected chi connectivity index (χ3v) is 3.24. The number of nitro benzene ring substituents is 1. The highest BCUT2D eigenvalue weighted by molar-refractivity contribution is 6.42. The molecule has 0 spiro atoms. The number of rotatable bonds is 3. The van der Waals surface area contributed by atoms with Crippen molar-refractivity contribution in [3.05, 3.63) is 73.8 Å². The summed E-state index contributed by atoms with van der Waals surface area (Å²) in [5.41, 5.74) is -0.0853. The number of halogens is 2. The van der Waals surface area contributed by atoms with Crippen LogP contribution in [-0.2, 0) is 0 Å². The van der Waals surface area contributed by atoms with Gasteiger partial charge in [0.1, 0.15) is 5.56 Å². The number of nitrogens with zero attached hydrogens (tertiary/aromatic N) is 1. The monoisotopic (exact) mass is 295 g/mol. The Bertz CT molecular complexity index is 656. The first-order valence-corrected chi connectivity index (χ1v) is 5.99. The van der Waals surface area contributed by atoms with Crippen molar-refractivity contribution < 1.29 is 9.72 Å². The third-order valence-electron chi connectivity index (χ3n) is 2.52. The van der Waals surface area contributed by atoms with Crippen LogP contribution in [0, 0.1) is 10.1 Å². The van der Waals surface area contributed by atoms with Crippen molar-refractivity contribution in [1.82, 2.24) is 0 Å². The molecule has 0 heterocycles. The summed E-state index contributed by atoms with van der Waals surface area (Å²) in [5.74, 6) is -0.467. The molecule has 96 valence electrons. The van der Waals surface area contributed by atoms with Crippen molar-refractivity contribution in [2.24, 2.45) is 0 Å². The Morgan fingerprint density at radius 2 is 1.63 bits per heavy atom. The van der Waals surface area contributed by atoms with Gasteiger partial charge in [-0.3, -0.25) is 14.9 Å². The highest BCUT2D eigenvalue weighted by Crippen LogP contribution is 2.31. The molecule has 0 aliphatic rings. The zero-order valence-corrected chi connectivity index (χ0v) is 11.0. The van der Waals surface area contributed by atoms with Gasteiger partial charge in [0, 0.05) is 11.6 Å². The molecule has 4 nitrogen and oxygen atoms in total. The quantitative estimate of drug-likeness (QED) is 0.486. The van der Waals surface area contributed by atoms with Crippen molar-refractivity contribution in [3.8, 4) is 0 Å². The number of carbonyl (C=O) groups excluding carboxylic acids is 1. The maximum atomic E-state index is 12.2. The van der Waals surface area contributed by atoms with E-state index in [1.54, 1.807) is 30.3 Å². The zero-order valence-electron chi connectivity index (χ0n) is 9.47. The minimum absolute atomic E-state index is 0.0398. The van der Waals surface area contributed by atoms with Gasteiger partial charge in [-0.05, 0) is 6.07 Å². The number of ketones is 1. The second-order valence-corrected chi connectivity index (χ2v) is 4.55. The van der Waals surface area contributed by atoms with Gasteiger partial charge in [-0.1, -0.05) is 53.5 Å². The van der Waals surface area contributed by atoms with Crippen molar-refractivity contribution >= 4 is 34.7 Å². The van der Waals surface area contributed by atoms with Gasteiger partial charge in [0.05, 0.1) is 15.0 Å². The Labute approximate surface area is 118 Å². The molecule has 0 radical (unpaired) electrons. The van der Waals surface area contributed by atoms with E-state index in [1.807, 2.05) is 0 Å². The molecule has 0 bridgehead atoms. The molecule has 0 saturated heterocycles. The summed E-state index contributed by atoms with van der Waals surface area (Å²) in [7, 11) is 0. The molecule has 2 aromatic carbocycles. The average molecular weight is 296 g/mol. The lowest BCUT2D eigenvalue weighted by atomic mass is 10.0. The third kappa shape index (κ3) is 2.75. The molecule has 0 N–H and O–H groups in total. The molecule has 6 heteroatoms. The van der Waals surface area contributed by atoms with Crippen LogP contribution in [-0.4, -0.2) is 10.7 Å². The van der Waals surface area contributed by atoms with Gasteiger partial charge < -0.3 is 0 Å². The fourth-order valence-electron chi connectivity index (χ4n) is 1.61. The molecule has 2 rings (SSSR count). The van der Waals surface area contributed by atoms with E-state index >= 15 is 0 Å². The molecule has 2 aromatic rings. The fraction of sp³-hybridized carbons (Fsp3) is 0. The van der Waals surface area contributed by atoms with Crippen LogP contribution in [0.5, 0.6) is 0 Å². The largest absolute Gasteiger partial charge is 0.288 e. The van der Waals surface area contributed by atoms with Crippen LogP contribution in [0.15, 0.2) is 42.5 Å². The number of hydrogen-bond donors (Lipinski definition) is 0. The van der Waals surface area contributed by atoms with Crippen LogP contribution in [0.25, 0.3) is 0 Å². The van der Waals surface area contributed by atoms with E-state index in [1.165, 1.54) is 6.07 Å². The zero-order chi connectivity index (χ0) is 14.0. The lowest BCUT2D eigenvalue weighted by Crippen LogP contribution is -2.05. The Morgan fingerprint density at radius 3 is 2.21 bits per heavy atom. The van der Waals surface area contributed by atoms with E-state index in [4.69, 9.17) is 23.2 Å². The number of carbonyl (C=O) groups is 1. The molecule has 19 heavy (non-hydrogen) atoms. The van der Waals surface area contributed by atoms with Crippen molar-refractivity contribution in [2.45, 2.75) is 0 Å². The normalized spacial score (nSPS) is 10.2. The number of benzene rings is 2. The smallest absolute Gasteiger partial charge is 0.282 e. The first kappa shape index (κ1) is 13.5. The van der Waals surface area contributed by atoms with Crippen LogP contribution >= 0.6 is 23.2 Å². The van der Waals surface area contributed by atoms with Crippen LogP contribution in [0.3, 0.4) is 0 Å². The predicted octanol–water partition coefficient (Wildman–Crippen LogP) is 4.13. The van der Waals surface area contributed by atoms with E-state index in [0.717, 1.165) is 6.07 Å². The molecule has 0 aliphatic carbocycles. The maximum Gasteiger partial charge on any atom is 0.282 e. The molecule has 0 fully saturated rings. The van der Waals surface area contributed by atoms with E-state index in [9.17, 15) is 14.9 Å². The summed E-state index contributed by atoms with van der Waals surface area (Å²) in [6.45, 7) is 0. The Balaban J connectivity index is 2.59. The van der Waals surface area contributed by atoms with Crippen LogP contribution < -0.4 is 0 Å². The van der Waals surface area contributed by atoms with Crippen molar-refractivity contribution in [3.63, 3.8) is 0 Å². The second kappa shape index (κ2) is 5.38. The molecule has 0 saturated carbocycles. The summed E-state index contributed by atoms with van der Waals surface area (Å²) in [5, 5.41) is 11.1. The first-order valence-electron chi connectivity index (χ1n) is 5.24. The standard InChI is InChI=1S/C13H7Cl2NO3/c14-10-6-9(12(16(18)19)7-11(10)15)13(17)8-4-2-1-3-5-8/h1-7H. The molecule has 0 atom stereocenters. The molecule has 0 unspecified atom stereocenters. The van der Waals surface area contributed by atoms with Gasteiger partial charge in [-0.2, -0.15) is 0 Å². The minimum atomic E-state index is -0.654. The molecule has 0 aromatic heterocycles. The fourth-order valence-corrected chi connectivity index (χ4v) is 1.94. The molecular weight excluding hydrogens is 289 g/mol. The van der Waals surface area contributed by atoms with Gasteiger partial charge in [-0.15, -0.1) is 0 Å². The average Bonchev–Trinajstić information content (AvgIpc) is 2.41.